The van der Waals surface area contributed by atoms with E-state index >= 15 is 0 Å². The van der Waals surface area contributed by atoms with Crippen molar-refractivity contribution in [2.75, 3.05) is 0 Å². The summed E-state index contributed by atoms with van der Waals surface area (Å²) < 4.78 is 5.58. The highest BCUT2D eigenvalue weighted by molar-refractivity contribution is 5.29. The normalized spacial score (nSPS) is 21.1. The molecule has 0 fully saturated rings. The first kappa shape index (κ1) is 9.11. The van der Waals surface area contributed by atoms with Gasteiger partial charge >= 0.3 is 0 Å². The molecule has 0 saturated carbocycles. The summed E-state index contributed by atoms with van der Waals surface area (Å²) in [5.41, 5.74) is 1.33. The topological polar surface area (TPSA) is 9.23 Å². The highest BCUT2D eigenvalue weighted by Gasteiger charge is 2.13. The Morgan fingerprint density at radius 3 is 2.75 bits per heavy atom. The molecule has 0 aromatic rings. The first-order valence-electron chi connectivity index (χ1n) is 4.47. The average molecular weight is 164 g/mol. The van der Waals surface area contributed by atoms with Crippen LogP contribution in [0.3, 0.4) is 0 Å². The number of hydrogen-bond acceptors (Lipinski definition) is 1. The zero-order valence-corrected chi connectivity index (χ0v) is 8.05. The second kappa shape index (κ2) is 4.15. The predicted octanol–water partition coefficient (Wildman–Crippen LogP) is 3.55. The molecule has 0 unspecified atom stereocenters. The molecule has 1 aliphatic rings. The lowest BCUT2D eigenvalue weighted by molar-refractivity contribution is 0.337. The largest absolute Gasteiger partial charge is 0.462 e. The minimum Gasteiger partial charge on any atom is -0.462 e. The van der Waals surface area contributed by atoms with Crippen molar-refractivity contribution in [1.29, 1.82) is 0 Å². The SMILES string of the molecule is C/C=C1\CC(C)=C(/C=C\CC)O1. The van der Waals surface area contributed by atoms with E-state index < -0.39 is 0 Å². The summed E-state index contributed by atoms with van der Waals surface area (Å²) in [5, 5.41) is 0. The van der Waals surface area contributed by atoms with E-state index in [-0.39, 0.29) is 0 Å². The molecule has 1 heteroatoms. The predicted molar refractivity (Wildman–Crippen MR) is 51.6 cm³/mol. The lowest BCUT2D eigenvalue weighted by atomic mass is 10.2. The van der Waals surface area contributed by atoms with Crippen LogP contribution in [-0.2, 0) is 4.74 Å². The maximum absolute atomic E-state index is 5.58. The third-order valence-corrected chi connectivity index (χ3v) is 1.93. The van der Waals surface area contributed by atoms with Crippen LogP contribution in [0.1, 0.15) is 33.6 Å². The molecule has 0 aromatic carbocycles. The lowest BCUT2D eigenvalue weighted by Crippen LogP contribution is -1.79. The van der Waals surface area contributed by atoms with Gasteiger partial charge in [0.1, 0.15) is 11.5 Å². The fourth-order valence-electron chi connectivity index (χ4n) is 1.18. The van der Waals surface area contributed by atoms with Gasteiger partial charge in [0.2, 0.25) is 0 Å². The summed E-state index contributed by atoms with van der Waals surface area (Å²) in [7, 11) is 0. The van der Waals surface area contributed by atoms with E-state index in [9.17, 15) is 0 Å². The van der Waals surface area contributed by atoms with Gasteiger partial charge in [-0.1, -0.05) is 13.0 Å². The van der Waals surface area contributed by atoms with Crippen LogP contribution < -0.4 is 0 Å². The Balaban J connectivity index is 2.66. The Morgan fingerprint density at radius 1 is 1.50 bits per heavy atom. The molecule has 12 heavy (non-hydrogen) atoms. The molecule has 0 spiro atoms. The van der Waals surface area contributed by atoms with Gasteiger partial charge in [0.05, 0.1) is 0 Å². The molecule has 0 amide bonds. The van der Waals surface area contributed by atoms with Crippen molar-refractivity contribution in [1.82, 2.24) is 0 Å². The zero-order valence-electron chi connectivity index (χ0n) is 8.05. The van der Waals surface area contributed by atoms with Gasteiger partial charge in [-0.25, -0.2) is 0 Å². The number of ether oxygens (including phenoxy) is 1. The molecule has 1 heterocycles. The van der Waals surface area contributed by atoms with Crippen LogP contribution in [0.5, 0.6) is 0 Å². The summed E-state index contributed by atoms with van der Waals surface area (Å²) in [4.78, 5) is 0. The van der Waals surface area contributed by atoms with Gasteiger partial charge in [-0.15, -0.1) is 0 Å². The van der Waals surface area contributed by atoms with Crippen molar-refractivity contribution >= 4 is 0 Å². The zero-order chi connectivity index (χ0) is 8.97. The molecule has 0 saturated heterocycles. The van der Waals surface area contributed by atoms with Crippen molar-refractivity contribution in [3.63, 3.8) is 0 Å². The minimum absolute atomic E-state index is 0.972. The highest BCUT2D eigenvalue weighted by Crippen LogP contribution is 2.27. The Labute approximate surface area is 74.4 Å². The van der Waals surface area contributed by atoms with Gasteiger partial charge in [0.15, 0.2) is 0 Å². The molecule has 0 aliphatic carbocycles. The summed E-state index contributed by atoms with van der Waals surface area (Å²) in [6, 6.07) is 0. The van der Waals surface area contributed by atoms with Gasteiger partial charge in [0.25, 0.3) is 0 Å². The van der Waals surface area contributed by atoms with E-state index in [0.717, 1.165) is 24.4 Å². The summed E-state index contributed by atoms with van der Waals surface area (Å²) in [5.74, 6) is 2.10. The van der Waals surface area contributed by atoms with Gasteiger partial charge < -0.3 is 4.74 Å². The number of hydrogen-bond donors (Lipinski definition) is 0. The van der Waals surface area contributed by atoms with E-state index in [1.54, 1.807) is 0 Å². The Bertz CT molecular complexity index is 244. The van der Waals surface area contributed by atoms with Gasteiger partial charge in [-0.2, -0.15) is 0 Å². The van der Waals surface area contributed by atoms with Gasteiger partial charge in [-0.05, 0) is 38.0 Å². The standard InChI is InChI=1S/C11H16O/c1-4-6-7-11-9(3)8-10(5-2)12-11/h5-7H,4,8H2,1-3H3/b7-6-,10-5+. The molecule has 1 rings (SSSR count). The Kier molecular flexibility index (Phi) is 3.15. The molecular formula is C11H16O. The first-order valence-corrected chi connectivity index (χ1v) is 4.47. The Hall–Kier alpha value is -0.980. The van der Waals surface area contributed by atoms with Crippen molar-refractivity contribution < 1.29 is 4.74 Å². The lowest BCUT2D eigenvalue weighted by Gasteiger charge is -1.98. The monoisotopic (exact) mass is 164 g/mol. The van der Waals surface area contributed by atoms with Crippen LogP contribution in [0.15, 0.2) is 35.3 Å². The first-order chi connectivity index (χ1) is 5.77. The molecule has 0 radical (unpaired) electrons. The van der Waals surface area contributed by atoms with Crippen LogP contribution in [0.25, 0.3) is 0 Å². The smallest absolute Gasteiger partial charge is 0.125 e. The van der Waals surface area contributed by atoms with E-state index in [1.165, 1.54) is 5.57 Å². The van der Waals surface area contributed by atoms with Crippen molar-refractivity contribution in [3.8, 4) is 0 Å². The fourth-order valence-corrected chi connectivity index (χ4v) is 1.18. The maximum atomic E-state index is 5.58. The van der Waals surface area contributed by atoms with Gasteiger partial charge in [-0.3, -0.25) is 0 Å². The summed E-state index contributed by atoms with van der Waals surface area (Å²) in [6.07, 6.45) is 8.24. The molecule has 0 aromatic heterocycles. The fraction of sp³-hybridized carbons (Fsp3) is 0.455. The van der Waals surface area contributed by atoms with E-state index in [4.69, 9.17) is 4.74 Å². The quantitative estimate of drug-likeness (QED) is 0.606. The van der Waals surface area contributed by atoms with E-state index in [2.05, 4.69) is 26.0 Å². The van der Waals surface area contributed by atoms with Crippen LogP contribution in [0.4, 0.5) is 0 Å². The van der Waals surface area contributed by atoms with Crippen molar-refractivity contribution in [2.45, 2.75) is 33.6 Å². The highest BCUT2D eigenvalue weighted by atomic mass is 16.5. The van der Waals surface area contributed by atoms with Crippen LogP contribution in [0.2, 0.25) is 0 Å². The summed E-state index contributed by atoms with van der Waals surface area (Å²) in [6.45, 7) is 6.25. The number of rotatable bonds is 2. The third-order valence-electron chi connectivity index (χ3n) is 1.93. The molecule has 1 aliphatic heterocycles. The van der Waals surface area contributed by atoms with Crippen LogP contribution >= 0.6 is 0 Å². The maximum Gasteiger partial charge on any atom is 0.125 e. The Morgan fingerprint density at radius 2 is 2.25 bits per heavy atom. The van der Waals surface area contributed by atoms with E-state index in [0.29, 0.717) is 0 Å². The van der Waals surface area contributed by atoms with E-state index in [1.807, 2.05) is 13.0 Å². The molecule has 0 atom stereocenters. The van der Waals surface area contributed by atoms with Crippen LogP contribution in [-0.4, -0.2) is 0 Å². The number of allylic oxidation sites excluding steroid dienone is 4. The molecule has 1 nitrogen and oxygen atoms in total. The van der Waals surface area contributed by atoms with Crippen molar-refractivity contribution in [3.05, 3.63) is 35.3 Å². The molecular weight excluding hydrogens is 148 g/mol. The average Bonchev–Trinajstić information content (AvgIpc) is 2.43. The second-order valence-electron chi connectivity index (χ2n) is 2.99. The van der Waals surface area contributed by atoms with Gasteiger partial charge in [0, 0.05) is 6.42 Å². The molecule has 0 bridgehead atoms. The van der Waals surface area contributed by atoms with Crippen LogP contribution in [0, 0.1) is 0 Å². The van der Waals surface area contributed by atoms with Crippen molar-refractivity contribution in [2.24, 2.45) is 0 Å². The minimum atomic E-state index is 0.972. The molecule has 0 N–H and O–H groups in total. The molecule has 66 valence electrons. The third kappa shape index (κ3) is 2.00. The second-order valence-corrected chi connectivity index (χ2v) is 2.99. The summed E-state index contributed by atoms with van der Waals surface area (Å²) >= 11 is 0.